The molecule has 106 valence electrons. The maximum atomic E-state index is 11.4. The largest absolute Gasteiger partial charge is 0.513 e. The molecular formula is C15H16O5. The second-order valence-electron chi connectivity index (χ2n) is 3.94. The van der Waals surface area contributed by atoms with Crippen LogP contribution in [0.15, 0.2) is 30.3 Å². The van der Waals surface area contributed by atoms with Crippen LogP contribution in [-0.2, 0) is 4.74 Å². The molecule has 0 radical (unpaired) electrons. The van der Waals surface area contributed by atoms with Crippen molar-refractivity contribution in [3.63, 3.8) is 0 Å². The van der Waals surface area contributed by atoms with Crippen LogP contribution in [0.25, 0.3) is 10.8 Å². The van der Waals surface area contributed by atoms with Gasteiger partial charge in [0.1, 0.15) is 5.75 Å². The van der Waals surface area contributed by atoms with Crippen LogP contribution < -0.4 is 14.2 Å². The third-order valence-corrected chi connectivity index (χ3v) is 2.79. The van der Waals surface area contributed by atoms with Gasteiger partial charge in [-0.3, -0.25) is 0 Å². The predicted octanol–water partition coefficient (Wildman–Crippen LogP) is 3.39. The van der Waals surface area contributed by atoms with Gasteiger partial charge in [0.15, 0.2) is 11.5 Å². The molecule has 0 amide bonds. The molecule has 0 bridgehead atoms. The Labute approximate surface area is 117 Å². The molecule has 0 N–H and O–H groups in total. The van der Waals surface area contributed by atoms with Gasteiger partial charge in [-0.05, 0) is 6.92 Å². The van der Waals surface area contributed by atoms with Crippen LogP contribution in [-0.4, -0.2) is 27.0 Å². The summed E-state index contributed by atoms with van der Waals surface area (Å²) in [5.74, 6) is 1.41. The number of rotatable bonds is 4. The number of carbonyl (C=O) groups is 1. The van der Waals surface area contributed by atoms with Crippen molar-refractivity contribution >= 4 is 16.9 Å². The Morgan fingerprint density at radius 2 is 1.80 bits per heavy atom. The Morgan fingerprint density at radius 1 is 1.10 bits per heavy atom. The highest BCUT2D eigenvalue weighted by molar-refractivity contribution is 5.96. The third-order valence-electron chi connectivity index (χ3n) is 2.79. The second-order valence-corrected chi connectivity index (χ2v) is 3.94. The lowest BCUT2D eigenvalue weighted by molar-refractivity contribution is 0.120. The van der Waals surface area contributed by atoms with Crippen molar-refractivity contribution in [1.82, 2.24) is 0 Å². The van der Waals surface area contributed by atoms with E-state index in [1.54, 1.807) is 6.07 Å². The number of benzene rings is 2. The molecule has 0 atom stereocenters. The number of hydrogen-bond acceptors (Lipinski definition) is 5. The minimum absolute atomic E-state index is 0.318. The van der Waals surface area contributed by atoms with E-state index in [9.17, 15) is 4.79 Å². The molecule has 2 aromatic rings. The minimum Gasteiger partial charge on any atom is -0.493 e. The fourth-order valence-electron chi connectivity index (χ4n) is 1.95. The summed E-state index contributed by atoms with van der Waals surface area (Å²) in [5, 5.41) is 1.56. The number of hydrogen-bond donors (Lipinski definition) is 0. The van der Waals surface area contributed by atoms with Gasteiger partial charge in [-0.2, -0.15) is 0 Å². The zero-order valence-electron chi connectivity index (χ0n) is 11.6. The number of fused-ring (bicyclic) bond motifs is 1. The summed E-state index contributed by atoms with van der Waals surface area (Å²) in [6.07, 6.45) is -0.794. The highest BCUT2D eigenvalue weighted by atomic mass is 16.7. The maximum absolute atomic E-state index is 11.4. The highest BCUT2D eigenvalue weighted by Gasteiger charge is 2.17. The van der Waals surface area contributed by atoms with E-state index in [1.165, 1.54) is 14.2 Å². The Bertz CT molecular complexity index is 621. The van der Waals surface area contributed by atoms with E-state index < -0.39 is 6.16 Å². The second kappa shape index (κ2) is 6.14. The van der Waals surface area contributed by atoms with Crippen LogP contribution in [0.4, 0.5) is 4.79 Å². The molecule has 2 aromatic carbocycles. The van der Waals surface area contributed by atoms with Gasteiger partial charge in [0.2, 0.25) is 0 Å². The van der Waals surface area contributed by atoms with E-state index >= 15 is 0 Å². The third kappa shape index (κ3) is 2.61. The first-order valence-electron chi connectivity index (χ1n) is 6.19. The summed E-state index contributed by atoms with van der Waals surface area (Å²) in [7, 11) is 2.76. The number of carbonyl (C=O) groups excluding carboxylic acids is 1. The van der Waals surface area contributed by atoms with Crippen molar-refractivity contribution in [1.29, 1.82) is 0 Å². The molecule has 0 spiro atoms. The van der Waals surface area contributed by atoms with Crippen molar-refractivity contribution < 1.29 is 23.7 Å². The molecule has 5 nitrogen and oxygen atoms in total. The van der Waals surface area contributed by atoms with Gasteiger partial charge in [0.05, 0.1) is 20.8 Å². The van der Waals surface area contributed by atoms with Crippen LogP contribution in [0.2, 0.25) is 0 Å². The zero-order valence-corrected chi connectivity index (χ0v) is 11.6. The van der Waals surface area contributed by atoms with Gasteiger partial charge in [-0.15, -0.1) is 0 Å². The van der Waals surface area contributed by atoms with Crippen LogP contribution in [0.1, 0.15) is 6.92 Å². The lowest BCUT2D eigenvalue weighted by atomic mass is 10.1. The Balaban J connectivity index is 2.65. The average molecular weight is 276 g/mol. The summed E-state index contributed by atoms with van der Waals surface area (Å²) in [4.78, 5) is 11.4. The van der Waals surface area contributed by atoms with Crippen LogP contribution in [0.5, 0.6) is 17.2 Å². The minimum atomic E-state index is -0.794. The fourth-order valence-corrected chi connectivity index (χ4v) is 1.95. The van der Waals surface area contributed by atoms with Crippen molar-refractivity contribution in [3.05, 3.63) is 30.3 Å². The van der Waals surface area contributed by atoms with E-state index in [2.05, 4.69) is 4.74 Å². The molecule has 0 aliphatic carbocycles. The summed E-state index contributed by atoms with van der Waals surface area (Å²) in [6.45, 7) is 2.43. The number of methoxy groups -OCH3 is 2. The summed E-state index contributed by atoms with van der Waals surface area (Å²) < 4.78 is 20.6. The fraction of sp³-hybridized carbons (Fsp3) is 0.267. The number of ether oxygens (including phenoxy) is 4. The lowest BCUT2D eigenvalue weighted by Gasteiger charge is -2.15. The molecule has 20 heavy (non-hydrogen) atoms. The quantitative estimate of drug-likeness (QED) is 0.633. The molecule has 0 heterocycles. The molecule has 0 fully saturated rings. The van der Waals surface area contributed by atoms with E-state index in [1.807, 2.05) is 31.2 Å². The Hall–Kier alpha value is -2.43. The van der Waals surface area contributed by atoms with Gasteiger partial charge < -0.3 is 18.9 Å². The molecule has 5 heteroatoms. The molecule has 0 aromatic heterocycles. The molecule has 0 saturated carbocycles. The van der Waals surface area contributed by atoms with E-state index in [4.69, 9.17) is 14.2 Å². The van der Waals surface area contributed by atoms with Gasteiger partial charge in [0.25, 0.3) is 0 Å². The van der Waals surface area contributed by atoms with Crippen molar-refractivity contribution in [2.45, 2.75) is 6.92 Å². The van der Waals surface area contributed by atoms with Gasteiger partial charge in [-0.1, -0.05) is 24.3 Å². The standard InChI is InChI=1S/C15H16O5/c1-4-19-12-9-13(17-2)14(20-15(16)18-3)11-8-6-5-7-10(11)12/h5-9H,4H2,1-3H3. The van der Waals surface area contributed by atoms with Gasteiger partial charge in [0, 0.05) is 16.8 Å². The molecule has 0 saturated heterocycles. The van der Waals surface area contributed by atoms with Crippen LogP contribution >= 0.6 is 0 Å². The topological polar surface area (TPSA) is 54.0 Å². The SMILES string of the molecule is CCOc1cc(OC)c(OC(=O)OC)c2ccccc12. The Kier molecular flexibility index (Phi) is 4.30. The molecule has 0 unspecified atom stereocenters. The molecular weight excluding hydrogens is 260 g/mol. The van der Waals surface area contributed by atoms with E-state index in [0.29, 0.717) is 23.9 Å². The lowest BCUT2D eigenvalue weighted by Crippen LogP contribution is -2.09. The monoisotopic (exact) mass is 276 g/mol. The first-order valence-corrected chi connectivity index (χ1v) is 6.19. The normalized spacial score (nSPS) is 10.2. The van der Waals surface area contributed by atoms with Crippen LogP contribution in [0, 0.1) is 0 Å². The highest BCUT2D eigenvalue weighted by Crippen LogP contribution is 2.41. The zero-order chi connectivity index (χ0) is 14.5. The van der Waals surface area contributed by atoms with E-state index in [0.717, 1.165) is 10.8 Å². The van der Waals surface area contributed by atoms with Crippen molar-refractivity contribution in [2.75, 3.05) is 20.8 Å². The van der Waals surface area contributed by atoms with Gasteiger partial charge >= 0.3 is 6.16 Å². The first-order chi connectivity index (χ1) is 9.71. The molecule has 0 aliphatic heterocycles. The predicted molar refractivity (Wildman–Crippen MR) is 74.7 cm³/mol. The summed E-state index contributed by atoms with van der Waals surface area (Å²) in [5.41, 5.74) is 0. The first kappa shape index (κ1) is 14.0. The molecule has 2 rings (SSSR count). The van der Waals surface area contributed by atoms with Crippen LogP contribution in [0.3, 0.4) is 0 Å². The van der Waals surface area contributed by atoms with E-state index in [-0.39, 0.29) is 0 Å². The molecule has 0 aliphatic rings. The summed E-state index contributed by atoms with van der Waals surface area (Å²) in [6, 6.07) is 9.16. The Morgan fingerprint density at radius 3 is 2.40 bits per heavy atom. The van der Waals surface area contributed by atoms with Crippen molar-refractivity contribution in [3.8, 4) is 17.2 Å². The summed E-state index contributed by atoms with van der Waals surface area (Å²) >= 11 is 0. The van der Waals surface area contributed by atoms with Gasteiger partial charge in [-0.25, -0.2) is 4.79 Å². The average Bonchev–Trinajstić information content (AvgIpc) is 2.49. The van der Waals surface area contributed by atoms with Crippen molar-refractivity contribution in [2.24, 2.45) is 0 Å². The maximum Gasteiger partial charge on any atom is 0.513 e. The smallest absolute Gasteiger partial charge is 0.493 e.